The molecule has 0 unspecified atom stereocenters. The van der Waals surface area contributed by atoms with E-state index in [-0.39, 0.29) is 6.04 Å². The standard InChI is InChI=1S/C10H21N4O/c1-5-13(6-2)7-9-10(11)15-12-14(9)8(3)4/h8H,5-7,11H2,1-4H3/q+1. The number of aromatic nitrogens is 2. The van der Waals surface area contributed by atoms with Crippen LogP contribution >= 0.6 is 0 Å². The third-order valence-corrected chi connectivity index (χ3v) is 2.55. The predicted molar refractivity (Wildman–Crippen MR) is 58.1 cm³/mol. The van der Waals surface area contributed by atoms with Crippen molar-refractivity contribution in [2.75, 3.05) is 18.8 Å². The van der Waals surface area contributed by atoms with Crippen molar-refractivity contribution in [3.63, 3.8) is 0 Å². The lowest BCUT2D eigenvalue weighted by Crippen LogP contribution is -2.43. The van der Waals surface area contributed by atoms with Crippen molar-refractivity contribution in [3.05, 3.63) is 5.69 Å². The van der Waals surface area contributed by atoms with Gasteiger partial charge in [0.15, 0.2) is 6.04 Å². The van der Waals surface area contributed by atoms with Gasteiger partial charge in [-0.05, 0) is 17.8 Å². The Bertz CT molecular complexity index is 304. The van der Waals surface area contributed by atoms with Crippen molar-refractivity contribution in [1.29, 1.82) is 0 Å². The molecule has 0 saturated heterocycles. The van der Waals surface area contributed by atoms with Crippen LogP contribution in [0.15, 0.2) is 4.52 Å². The topological polar surface area (TPSA) is 59.2 Å². The highest BCUT2D eigenvalue weighted by Crippen LogP contribution is 2.10. The molecule has 0 radical (unpaired) electrons. The molecule has 0 fully saturated rings. The Labute approximate surface area is 90.8 Å². The monoisotopic (exact) mass is 213 g/mol. The van der Waals surface area contributed by atoms with Gasteiger partial charge in [-0.25, -0.2) is 0 Å². The summed E-state index contributed by atoms with van der Waals surface area (Å²) in [5.74, 6) is 0.426. The highest BCUT2D eigenvalue weighted by atomic mass is 16.5. The van der Waals surface area contributed by atoms with Crippen LogP contribution in [-0.2, 0) is 6.54 Å². The average Bonchev–Trinajstić information content (AvgIpc) is 2.56. The van der Waals surface area contributed by atoms with E-state index in [1.165, 1.54) is 0 Å². The molecule has 5 heteroatoms. The van der Waals surface area contributed by atoms with Crippen molar-refractivity contribution in [2.24, 2.45) is 0 Å². The fourth-order valence-corrected chi connectivity index (χ4v) is 1.52. The van der Waals surface area contributed by atoms with Crippen molar-refractivity contribution in [2.45, 2.75) is 40.3 Å². The molecule has 0 aliphatic carbocycles. The van der Waals surface area contributed by atoms with E-state index in [0.29, 0.717) is 5.88 Å². The van der Waals surface area contributed by atoms with Crippen LogP contribution in [0.3, 0.4) is 0 Å². The van der Waals surface area contributed by atoms with Crippen molar-refractivity contribution >= 4 is 5.88 Å². The van der Waals surface area contributed by atoms with Gasteiger partial charge in [0.25, 0.3) is 11.6 Å². The maximum absolute atomic E-state index is 5.76. The van der Waals surface area contributed by atoms with E-state index >= 15 is 0 Å². The van der Waals surface area contributed by atoms with E-state index in [2.05, 4.69) is 37.9 Å². The lowest BCUT2D eigenvalue weighted by Gasteiger charge is -2.14. The first-order valence-corrected chi connectivity index (χ1v) is 5.48. The van der Waals surface area contributed by atoms with Crippen LogP contribution in [-0.4, -0.2) is 23.3 Å². The first-order valence-electron chi connectivity index (χ1n) is 5.48. The van der Waals surface area contributed by atoms with E-state index in [4.69, 9.17) is 10.3 Å². The largest absolute Gasteiger partial charge is 0.362 e. The van der Waals surface area contributed by atoms with Gasteiger partial charge in [-0.3, -0.25) is 9.42 Å². The number of rotatable bonds is 5. The minimum atomic E-state index is 0.275. The molecule has 0 bridgehead atoms. The molecule has 2 N–H and O–H groups in total. The van der Waals surface area contributed by atoms with Crippen molar-refractivity contribution < 1.29 is 9.20 Å². The molecule has 86 valence electrons. The van der Waals surface area contributed by atoms with Crippen molar-refractivity contribution in [1.82, 2.24) is 10.2 Å². The van der Waals surface area contributed by atoms with Crippen LogP contribution in [0.4, 0.5) is 5.88 Å². The quantitative estimate of drug-likeness (QED) is 0.740. The number of hydrogen-bond donors (Lipinski definition) is 1. The second kappa shape index (κ2) is 5.11. The summed E-state index contributed by atoms with van der Waals surface area (Å²) in [6, 6.07) is 0.275. The van der Waals surface area contributed by atoms with Crippen LogP contribution in [0, 0.1) is 0 Å². The molecule has 0 atom stereocenters. The molecule has 15 heavy (non-hydrogen) atoms. The van der Waals surface area contributed by atoms with Gasteiger partial charge in [-0.15, -0.1) is 0 Å². The van der Waals surface area contributed by atoms with E-state index in [9.17, 15) is 0 Å². The first-order chi connectivity index (χ1) is 7.10. The van der Waals surface area contributed by atoms with Gasteiger partial charge in [0.1, 0.15) is 0 Å². The Morgan fingerprint density at radius 3 is 2.47 bits per heavy atom. The molecule has 1 aromatic rings. The predicted octanol–water partition coefficient (Wildman–Crippen LogP) is 0.967. The molecule has 1 aromatic heterocycles. The van der Waals surface area contributed by atoms with Gasteiger partial charge in [0.2, 0.25) is 5.27 Å². The van der Waals surface area contributed by atoms with Gasteiger partial charge in [-0.1, -0.05) is 13.8 Å². The van der Waals surface area contributed by atoms with Gasteiger partial charge >= 0.3 is 0 Å². The second-order valence-electron chi connectivity index (χ2n) is 3.88. The summed E-state index contributed by atoms with van der Waals surface area (Å²) in [7, 11) is 0. The highest BCUT2D eigenvalue weighted by Gasteiger charge is 2.26. The van der Waals surface area contributed by atoms with Gasteiger partial charge in [0.05, 0.1) is 6.54 Å². The third-order valence-electron chi connectivity index (χ3n) is 2.55. The molecule has 0 saturated carbocycles. The van der Waals surface area contributed by atoms with E-state index in [1.54, 1.807) is 0 Å². The van der Waals surface area contributed by atoms with Crippen LogP contribution in [0.5, 0.6) is 0 Å². The first kappa shape index (κ1) is 12.0. The molecule has 0 aliphatic rings. The number of nitrogen functional groups attached to an aromatic ring is 1. The third kappa shape index (κ3) is 2.68. The zero-order valence-corrected chi connectivity index (χ0v) is 10.0. The van der Waals surface area contributed by atoms with Crippen LogP contribution in [0.25, 0.3) is 0 Å². The smallest absolute Gasteiger partial charge is 0.297 e. The molecule has 0 amide bonds. The molecule has 0 aliphatic heterocycles. The SMILES string of the molecule is CCN(CC)Cc1c(N)on[n+]1C(C)C. The summed E-state index contributed by atoms with van der Waals surface area (Å²) in [5, 5.41) is 3.93. The summed E-state index contributed by atoms with van der Waals surface area (Å²) in [4.78, 5) is 2.28. The minimum Gasteiger partial charge on any atom is -0.362 e. The number of hydrogen-bond acceptors (Lipinski definition) is 4. The Hall–Kier alpha value is -1.10. The molecule has 0 spiro atoms. The molecule has 0 aromatic carbocycles. The fraction of sp³-hybridized carbons (Fsp3) is 0.800. The summed E-state index contributed by atoms with van der Waals surface area (Å²) in [6.45, 7) is 11.2. The summed E-state index contributed by atoms with van der Waals surface area (Å²) < 4.78 is 6.85. The maximum Gasteiger partial charge on any atom is 0.297 e. The molecular formula is C10H21N4O+. The van der Waals surface area contributed by atoms with Crippen LogP contribution < -0.4 is 10.4 Å². The number of anilines is 1. The Morgan fingerprint density at radius 2 is 2.00 bits per heavy atom. The Balaban J connectivity index is 2.87. The van der Waals surface area contributed by atoms with Gasteiger partial charge in [-0.2, -0.15) is 0 Å². The van der Waals surface area contributed by atoms with E-state index < -0.39 is 0 Å². The maximum atomic E-state index is 5.76. The number of nitrogens with zero attached hydrogens (tertiary/aromatic N) is 3. The van der Waals surface area contributed by atoms with Crippen LogP contribution in [0.1, 0.15) is 39.4 Å². The zero-order chi connectivity index (χ0) is 11.4. The number of nitrogens with two attached hydrogens (primary N) is 1. The lowest BCUT2D eigenvalue weighted by molar-refractivity contribution is -0.785. The minimum absolute atomic E-state index is 0.275. The highest BCUT2D eigenvalue weighted by molar-refractivity contribution is 5.24. The molecule has 1 rings (SSSR count). The second-order valence-corrected chi connectivity index (χ2v) is 3.88. The molecular weight excluding hydrogens is 192 g/mol. The van der Waals surface area contributed by atoms with E-state index in [0.717, 1.165) is 25.3 Å². The average molecular weight is 213 g/mol. The fourth-order valence-electron chi connectivity index (χ4n) is 1.52. The van der Waals surface area contributed by atoms with Crippen molar-refractivity contribution in [3.8, 4) is 0 Å². The summed E-state index contributed by atoms with van der Waals surface area (Å²) in [6.07, 6.45) is 0. The Morgan fingerprint density at radius 1 is 1.40 bits per heavy atom. The lowest BCUT2D eigenvalue weighted by atomic mass is 10.3. The van der Waals surface area contributed by atoms with Crippen LogP contribution in [0.2, 0.25) is 0 Å². The zero-order valence-electron chi connectivity index (χ0n) is 10.0. The molecule has 1 heterocycles. The Kier molecular flexibility index (Phi) is 4.08. The molecule has 5 nitrogen and oxygen atoms in total. The van der Waals surface area contributed by atoms with Gasteiger partial charge < -0.3 is 5.73 Å². The van der Waals surface area contributed by atoms with Gasteiger partial charge in [0, 0.05) is 13.8 Å². The normalized spacial score (nSPS) is 11.6. The summed E-state index contributed by atoms with van der Waals surface area (Å²) >= 11 is 0. The van der Waals surface area contributed by atoms with E-state index in [1.807, 2.05) is 4.68 Å². The summed E-state index contributed by atoms with van der Waals surface area (Å²) in [5.41, 5.74) is 6.73.